The zero-order valence-corrected chi connectivity index (χ0v) is 13.7. The molecule has 0 fully saturated rings. The second kappa shape index (κ2) is 7.95. The molecule has 0 spiro atoms. The number of nitrogens with zero attached hydrogens (tertiary/aromatic N) is 1. The summed E-state index contributed by atoms with van der Waals surface area (Å²) < 4.78 is 0. The van der Waals surface area contributed by atoms with Gasteiger partial charge in [0.15, 0.2) is 0 Å². The second-order valence-electron chi connectivity index (χ2n) is 4.94. The molecule has 22 heavy (non-hydrogen) atoms. The first-order chi connectivity index (χ1) is 10.6. The molecule has 0 unspecified atom stereocenters. The second-order valence-corrected chi connectivity index (χ2v) is 6.29. The van der Waals surface area contributed by atoms with E-state index in [9.17, 15) is 4.79 Å². The van der Waals surface area contributed by atoms with E-state index in [1.807, 2.05) is 24.3 Å². The number of nitrogens with two attached hydrogens (primary N) is 1. The Bertz CT molecular complexity index is 675. The van der Waals surface area contributed by atoms with E-state index in [0.29, 0.717) is 23.5 Å². The Morgan fingerprint density at radius 3 is 2.82 bits per heavy atom. The lowest BCUT2D eigenvalue weighted by atomic mass is 10.1. The van der Waals surface area contributed by atoms with Gasteiger partial charge in [0.2, 0.25) is 5.91 Å². The van der Waals surface area contributed by atoms with E-state index in [4.69, 9.17) is 16.9 Å². The number of nitriles is 1. The van der Waals surface area contributed by atoms with Gasteiger partial charge in [-0.3, -0.25) is 4.79 Å². The Labute approximate surface area is 138 Å². The Kier molecular flexibility index (Phi) is 5.96. The van der Waals surface area contributed by atoms with Crippen LogP contribution in [0.5, 0.6) is 0 Å². The SMILES string of the molecule is C[C@@H]([NH2+]CCC(=O)Nc1sccc1C#N)c1ccc(Cl)cc1. The third kappa shape index (κ3) is 4.57. The number of carbonyl (C=O) groups excluding carboxylic acids is 1. The minimum absolute atomic E-state index is 0.0708. The van der Waals surface area contributed by atoms with Crippen LogP contribution in [0.2, 0.25) is 5.02 Å². The molecule has 3 N–H and O–H groups in total. The summed E-state index contributed by atoms with van der Waals surface area (Å²) >= 11 is 7.23. The van der Waals surface area contributed by atoms with Crippen LogP contribution in [-0.2, 0) is 4.79 Å². The molecule has 6 heteroatoms. The van der Waals surface area contributed by atoms with E-state index in [1.165, 1.54) is 16.9 Å². The molecule has 1 amide bonds. The van der Waals surface area contributed by atoms with Crippen molar-refractivity contribution in [2.75, 3.05) is 11.9 Å². The molecule has 0 aliphatic carbocycles. The average molecular weight is 335 g/mol. The normalized spacial score (nSPS) is 11.7. The fourth-order valence-electron chi connectivity index (χ4n) is 2.05. The lowest BCUT2D eigenvalue weighted by molar-refractivity contribution is -0.691. The molecule has 2 rings (SSSR count). The number of amides is 1. The first kappa shape index (κ1) is 16.5. The maximum atomic E-state index is 11.9. The van der Waals surface area contributed by atoms with Gasteiger partial charge in [0, 0.05) is 10.6 Å². The molecular formula is C16H17ClN3OS+. The molecule has 2 aromatic rings. The van der Waals surface area contributed by atoms with Crippen molar-refractivity contribution < 1.29 is 10.1 Å². The van der Waals surface area contributed by atoms with Crippen LogP contribution in [0.25, 0.3) is 0 Å². The minimum atomic E-state index is -0.0708. The minimum Gasteiger partial charge on any atom is -0.340 e. The maximum absolute atomic E-state index is 11.9. The van der Waals surface area contributed by atoms with Crippen LogP contribution in [0.3, 0.4) is 0 Å². The Balaban J connectivity index is 1.77. The fourth-order valence-corrected chi connectivity index (χ4v) is 2.93. The number of carbonyl (C=O) groups is 1. The molecular weight excluding hydrogens is 318 g/mol. The van der Waals surface area contributed by atoms with Gasteiger partial charge in [-0.25, -0.2) is 0 Å². The Morgan fingerprint density at radius 2 is 2.14 bits per heavy atom. The third-order valence-corrected chi connectivity index (χ3v) is 4.41. The van der Waals surface area contributed by atoms with Gasteiger partial charge >= 0.3 is 0 Å². The van der Waals surface area contributed by atoms with Gasteiger partial charge in [-0.2, -0.15) is 5.26 Å². The van der Waals surface area contributed by atoms with E-state index in [-0.39, 0.29) is 11.9 Å². The highest BCUT2D eigenvalue weighted by Gasteiger charge is 2.11. The molecule has 1 atom stereocenters. The van der Waals surface area contributed by atoms with Crippen LogP contribution in [0.15, 0.2) is 35.7 Å². The van der Waals surface area contributed by atoms with E-state index < -0.39 is 0 Å². The summed E-state index contributed by atoms with van der Waals surface area (Å²) in [6.45, 7) is 2.77. The summed E-state index contributed by atoms with van der Waals surface area (Å²) in [5.74, 6) is -0.0708. The van der Waals surface area contributed by atoms with Crippen LogP contribution in [0.4, 0.5) is 5.00 Å². The smallest absolute Gasteiger partial charge is 0.230 e. The van der Waals surface area contributed by atoms with E-state index in [1.54, 1.807) is 11.4 Å². The highest BCUT2D eigenvalue weighted by molar-refractivity contribution is 7.14. The van der Waals surface area contributed by atoms with E-state index in [0.717, 1.165) is 5.02 Å². The largest absolute Gasteiger partial charge is 0.340 e. The zero-order valence-electron chi connectivity index (χ0n) is 12.2. The molecule has 1 aromatic heterocycles. The fraction of sp³-hybridized carbons (Fsp3) is 0.250. The number of benzene rings is 1. The number of rotatable bonds is 6. The predicted octanol–water partition coefficient (Wildman–Crippen LogP) is 2.93. The van der Waals surface area contributed by atoms with Gasteiger partial charge in [0.05, 0.1) is 18.5 Å². The van der Waals surface area contributed by atoms with Gasteiger partial charge in [-0.15, -0.1) is 11.3 Å². The van der Waals surface area contributed by atoms with Gasteiger partial charge < -0.3 is 10.6 Å². The highest BCUT2D eigenvalue weighted by Crippen LogP contribution is 2.22. The van der Waals surface area contributed by atoms with E-state index in [2.05, 4.69) is 23.6 Å². The van der Waals surface area contributed by atoms with E-state index >= 15 is 0 Å². The van der Waals surface area contributed by atoms with Gasteiger partial charge in [0.1, 0.15) is 17.1 Å². The Hall–Kier alpha value is -1.87. The zero-order chi connectivity index (χ0) is 15.9. The lowest BCUT2D eigenvalue weighted by Crippen LogP contribution is -2.85. The van der Waals surface area contributed by atoms with Crippen LogP contribution < -0.4 is 10.6 Å². The molecule has 0 saturated carbocycles. The van der Waals surface area contributed by atoms with Crippen LogP contribution in [0, 0.1) is 11.3 Å². The van der Waals surface area contributed by atoms with Crippen LogP contribution in [-0.4, -0.2) is 12.5 Å². The lowest BCUT2D eigenvalue weighted by Gasteiger charge is -2.11. The van der Waals surface area contributed by atoms with Crippen molar-refractivity contribution >= 4 is 33.8 Å². The summed E-state index contributed by atoms with van der Waals surface area (Å²) in [6, 6.07) is 11.8. The predicted molar refractivity (Wildman–Crippen MR) is 88.9 cm³/mol. The molecule has 0 saturated heterocycles. The number of anilines is 1. The molecule has 0 aliphatic heterocycles. The average Bonchev–Trinajstić information content (AvgIpc) is 2.95. The standard InChI is InChI=1S/C16H16ClN3OS/c1-11(12-2-4-14(17)5-3-12)19-8-6-15(21)20-16-13(10-18)7-9-22-16/h2-5,7,9,11,19H,6,8H2,1H3,(H,20,21)/p+1/t11-/m1/s1. The monoisotopic (exact) mass is 334 g/mol. The number of thiophene rings is 1. The number of quaternary nitrogens is 1. The summed E-state index contributed by atoms with van der Waals surface area (Å²) in [5.41, 5.74) is 1.69. The van der Waals surface area contributed by atoms with Crippen molar-refractivity contribution in [3.05, 3.63) is 51.9 Å². The summed E-state index contributed by atoms with van der Waals surface area (Å²) in [5, 5.41) is 16.9. The number of nitrogens with one attached hydrogen (secondary N) is 1. The molecule has 4 nitrogen and oxygen atoms in total. The quantitative estimate of drug-likeness (QED) is 0.852. The summed E-state index contributed by atoms with van der Waals surface area (Å²) in [7, 11) is 0. The van der Waals surface area contributed by atoms with Crippen LogP contribution in [0.1, 0.15) is 30.5 Å². The molecule has 0 aliphatic rings. The molecule has 0 bridgehead atoms. The van der Waals surface area contributed by atoms with Crippen molar-refractivity contribution in [3.63, 3.8) is 0 Å². The Morgan fingerprint density at radius 1 is 1.41 bits per heavy atom. The van der Waals surface area contributed by atoms with Gasteiger partial charge in [-0.05, 0) is 30.5 Å². The van der Waals surface area contributed by atoms with Crippen molar-refractivity contribution in [2.24, 2.45) is 0 Å². The topological polar surface area (TPSA) is 69.5 Å². The number of hydrogen-bond acceptors (Lipinski definition) is 3. The summed E-state index contributed by atoms with van der Waals surface area (Å²) in [4.78, 5) is 11.9. The molecule has 114 valence electrons. The number of halogens is 1. The molecule has 1 heterocycles. The van der Waals surface area contributed by atoms with Crippen molar-refractivity contribution in [3.8, 4) is 6.07 Å². The number of hydrogen-bond donors (Lipinski definition) is 2. The van der Waals surface area contributed by atoms with Crippen molar-refractivity contribution in [1.29, 1.82) is 5.26 Å². The van der Waals surface area contributed by atoms with Crippen molar-refractivity contribution in [2.45, 2.75) is 19.4 Å². The molecule has 1 aromatic carbocycles. The first-order valence-electron chi connectivity index (χ1n) is 6.96. The summed E-state index contributed by atoms with van der Waals surface area (Å²) in [6.07, 6.45) is 0.403. The van der Waals surface area contributed by atoms with Crippen molar-refractivity contribution in [1.82, 2.24) is 0 Å². The molecule has 0 radical (unpaired) electrons. The van der Waals surface area contributed by atoms with Gasteiger partial charge in [-0.1, -0.05) is 23.7 Å². The highest BCUT2D eigenvalue weighted by atomic mass is 35.5. The van der Waals surface area contributed by atoms with Gasteiger partial charge in [0.25, 0.3) is 0 Å². The van der Waals surface area contributed by atoms with Crippen LogP contribution >= 0.6 is 22.9 Å². The third-order valence-electron chi connectivity index (χ3n) is 3.33. The first-order valence-corrected chi connectivity index (χ1v) is 8.22. The maximum Gasteiger partial charge on any atom is 0.230 e.